The molecule has 6 heteroatoms. The molecule has 1 aromatic rings. The molecular weight excluding hydrogens is 220 g/mol. The van der Waals surface area contributed by atoms with Crippen LogP contribution in [0, 0.1) is 5.41 Å². The van der Waals surface area contributed by atoms with E-state index < -0.39 is 11.4 Å². The molecule has 0 radical (unpaired) electrons. The number of aromatic amines is 2. The molecule has 0 saturated carbocycles. The highest BCUT2D eigenvalue weighted by atomic mass is 16.2. The molecule has 0 fully saturated rings. The fourth-order valence-electron chi connectivity index (χ4n) is 2.14. The molecule has 0 saturated heterocycles. The molecule has 0 aromatic carbocycles. The topological polar surface area (TPSA) is 90.6 Å². The van der Waals surface area contributed by atoms with Crippen LogP contribution in [0.3, 0.4) is 0 Å². The molecule has 0 spiro atoms. The van der Waals surface area contributed by atoms with E-state index in [1.54, 1.807) is 0 Å². The first kappa shape index (κ1) is 13.5. The highest BCUT2D eigenvalue weighted by molar-refractivity contribution is 5.26. The highest BCUT2D eigenvalue weighted by Crippen LogP contribution is 2.28. The summed E-state index contributed by atoms with van der Waals surface area (Å²) < 4.78 is 0. The molecule has 6 nitrogen and oxygen atoms in total. The Hall–Kier alpha value is -1.59. The number of hydrogen-bond donors (Lipinski definition) is 3. The fourth-order valence-corrected chi connectivity index (χ4v) is 2.14. The van der Waals surface area contributed by atoms with E-state index in [9.17, 15) is 9.59 Å². The third kappa shape index (κ3) is 4.84. The third-order valence-corrected chi connectivity index (χ3v) is 2.09. The summed E-state index contributed by atoms with van der Waals surface area (Å²) in [5.41, 5.74) is -1.33. The van der Waals surface area contributed by atoms with Crippen molar-refractivity contribution in [3.8, 4) is 0 Å². The van der Waals surface area contributed by atoms with E-state index >= 15 is 0 Å². The Morgan fingerprint density at radius 3 is 2.18 bits per heavy atom. The lowest BCUT2D eigenvalue weighted by Gasteiger charge is -2.33. The van der Waals surface area contributed by atoms with Gasteiger partial charge in [-0.1, -0.05) is 20.8 Å². The van der Waals surface area contributed by atoms with Crippen LogP contribution in [-0.2, 0) is 0 Å². The van der Waals surface area contributed by atoms with Crippen LogP contribution in [0.4, 0.5) is 5.95 Å². The predicted octanol–water partition coefficient (Wildman–Crippen LogP) is 1.08. The summed E-state index contributed by atoms with van der Waals surface area (Å²) in [6.07, 6.45) is 0.872. The van der Waals surface area contributed by atoms with Gasteiger partial charge in [0.15, 0.2) is 0 Å². The molecule has 17 heavy (non-hydrogen) atoms. The number of nitrogens with zero attached hydrogens (tertiary/aromatic N) is 1. The second-order valence-electron chi connectivity index (χ2n) is 6.09. The molecular formula is C11H20N4O2. The van der Waals surface area contributed by atoms with Crippen LogP contribution in [0.1, 0.15) is 41.0 Å². The molecule has 0 aliphatic rings. The second-order valence-corrected chi connectivity index (χ2v) is 6.09. The Balaban J connectivity index is 2.90. The zero-order valence-corrected chi connectivity index (χ0v) is 11.0. The Labute approximate surface area is 99.9 Å². The minimum Gasteiger partial charge on any atom is -0.351 e. The van der Waals surface area contributed by atoms with Gasteiger partial charge in [-0.25, -0.2) is 9.59 Å². The van der Waals surface area contributed by atoms with Crippen molar-refractivity contribution in [2.24, 2.45) is 5.41 Å². The van der Waals surface area contributed by atoms with Crippen molar-refractivity contribution in [1.82, 2.24) is 15.0 Å². The zero-order valence-electron chi connectivity index (χ0n) is 11.0. The van der Waals surface area contributed by atoms with E-state index in [1.165, 1.54) is 0 Å². The van der Waals surface area contributed by atoms with Gasteiger partial charge in [0, 0.05) is 5.54 Å². The van der Waals surface area contributed by atoms with Gasteiger partial charge in [-0.3, -0.25) is 9.97 Å². The van der Waals surface area contributed by atoms with Crippen molar-refractivity contribution in [3.05, 3.63) is 21.0 Å². The van der Waals surface area contributed by atoms with Crippen LogP contribution in [0.15, 0.2) is 9.59 Å². The van der Waals surface area contributed by atoms with Crippen molar-refractivity contribution >= 4 is 5.95 Å². The van der Waals surface area contributed by atoms with Crippen molar-refractivity contribution in [1.29, 1.82) is 0 Å². The number of H-pyrrole nitrogens is 2. The molecule has 96 valence electrons. The zero-order chi connectivity index (χ0) is 13.3. The number of nitrogens with one attached hydrogen (secondary N) is 3. The van der Waals surface area contributed by atoms with Gasteiger partial charge in [0.05, 0.1) is 0 Å². The lowest BCUT2D eigenvalue weighted by Crippen LogP contribution is -2.38. The summed E-state index contributed by atoms with van der Waals surface area (Å²) in [6, 6.07) is 0. The normalized spacial score (nSPS) is 12.5. The van der Waals surface area contributed by atoms with Crippen LogP contribution in [-0.4, -0.2) is 20.5 Å². The molecule has 0 aliphatic carbocycles. The quantitative estimate of drug-likeness (QED) is 0.737. The Morgan fingerprint density at radius 1 is 1.12 bits per heavy atom. The van der Waals surface area contributed by atoms with Gasteiger partial charge in [-0.05, 0) is 25.7 Å². The van der Waals surface area contributed by atoms with Crippen LogP contribution in [0.5, 0.6) is 0 Å². The number of rotatable bonds is 3. The summed E-state index contributed by atoms with van der Waals surface area (Å²) in [6.45, 7) is 10.4. The minimum absolute atomic E-state index is 0.137. The van der Waals surface area contributed by atoms with E-state index in [2.05, 4.69) is 36.1 Å². The van der Waals surface area contributed by atoms with Crippen LogP contribution >= 0.6 is 0 Å². The van der Waals surface area contributed by atoms with Gasteiger partial charge in [-0.2, -0.15) is 4.98 Å². The van der Waals surface area contributed by atoms with E-state index in [0.717, 1.165) is 6.42 Å². The first-order chi connectivity index (χ1) is 7.57. The number of hydrogen-bond acceptors (Lipinski definition) is 4. The molecule has 3 N–H and O–H groups in total. The van der Waals surface area contributed by atoms with Crippen molar-refractivity contribution in [3.63, 3.8) is 0 Å². The van der Waals surface area contributed by atoms with Crippen molar-refractivity contribution in [2.45, 2.75) is 46.6 Å². The minimum atomic E-state index is -0.650. The first-order valence-electron chi connectivity index (χ1n) is 5.56. The molecule has 0 amide bonds. The highest BCUT2D eigenvalue weighted by Gasteiger charge is 2.25. The van der Waals surface area contributed by atoms with Gasteiger partial charge in [0.25, 0.3) is 0 Å². The molecule has 1 heterocycles. The van der Waals surface area contributed by atoms with Crippen molar-refractivity contribution in [2.75, 3.05) is 5.32 Å². The van der Waals surface area contributed by atoms with Gasteiger partial charge in [-0.15, -0.1) is 0 Å². The summed E-state index contributed by atoms with van der Waals surface area (Å²) >= 11 is 0. The predicted molar refractivity (Wildman–Crippen MR) is 67.3 cm³/mol. The average molecular weight is 240 g/mol. The van der Waals surface area contributed by atoms with Crippen LogP contribution < -0.4 is 16.7 Å². The summed E-state index contributed by atoms with van der Waals surface area (Å²) in [5.74, 6) is 0.202. The summed E-state index contributed by atoms with van der Waals surface area (Å²) in [7, 11) is 0. The monoisotopic (exact) mass is 240 g/mol. The summed E-state index contributed by atoms with van der Waals surface area (Å²) in [4.78, 5) is 30.3. The first-order valence-corrected chi connectivity index (χ1v) is 5.56. The maximum Gasteiger partial charge on any atom is 0.352 e. The van der Waals surface area contributed by atoms with Crippen LogP contribution in [0.25, 0.3) is 0 Å². The Kier molecular flexibility index (Phi) is 3.45. The summed E-state index contributed by atoms with van der Waals surface area (Å²) in [5, 5.41) is 3.07. The lowest BCUT2D eigenvalue weighted by molar-refractivity contribution is 0.301. The van der Waals surface area contributed by atoms with Gasteiger partial charge in [0.2, 0.25) is 5.95 Å². The SMILES string of the molecule is CC(C)(C)CC(C)(C)Nc1nc(=O)[nH]c(=O)[nH]1. The molecule has 1 aromatic heterocycles. The Bertz CT molecular complexity index is 465. The van der Waals surface area contributed by atoms with Crippen LogP contribution in [0.2, 0.25) is 0 Å². The number of aromatic nitrogens is 3. The maximum atomic E-state index is 11.1. The van der Waals surface area contributed by atoms with E-state index in [4.69, 9.17) is 0 Å². The van der Waals surface area contributed by atoms with Crippen molar-refractivity contribution < 1.29 is 0 Å². The smallest absolute Gasteiger partial charge is 0.351 e. The third-order valence-electron chi connectivity index (χ3n) is 2.09. The maximum absolute atomic E-state index is 11.1. The van der Waals surface area contributed by atoms with Gasteiger partial charge in [0.1, 0.15) is 0 Å². The standard InChI is InChI=1S/C11H20N4O2/c1-10(2,3)6-11(4,5)15-7-12-8(16)14-9(17)13-7/h6H2,1-5H3,(H3,12,13,14,15,16,17). The fraction of sp³-hybridized carbons (Fsp3) is 0.727. The second kappa shape index (κ2) is 4.35. The van der Waals surface area contributed by atoms with E-state index in [-0.39, 0.29) is 16.9 Å². The molecule has 1 rings (SSSR count). The van der Waals surface area contributed by atoms with E-state index in [1.807, 2.05) is 18.8 Å². The van der Waals surface area contributed by atoms with E-state index in [0.29, 0.717) is 0 Å². The van der Waals surface area contributed by atoms with Gasteiger partial charge < -0.3 is 5.32 Å². The average Bonchev–Trinajstić information content (AvgIpc) is 1.93. The Morgan fingerprint density at radius 2 is 1.71 bits per heavy atom. The molecule has 0 atom stereocenters. The van der Waals surface area contributed by atoms with Gasteiger partial charge >= 0.3 is 11.4 Å². The number of anilines is 1. The molecule has 0 aliphatic heterocycles. The lowest BCUT2D eigenvalue weighted by atomic mass is 9.82. The molecule has 0 bridgehead atoms. The molecule has 0 unspecified atom stereocenters. The largest absolute Gasteiger partial charge is 0.352 e.